The van der Waals surface area contributed by atoms with Gasteiger partial charge in [0.25, 0.3) is 0 Å². The average Bonchev–Trinajstić information content (AvgIpc) is 2.78. The molecule has 0 aliphatic carbocycles. The minimum atomic E-state index is -0.457. The molecular weight excluding hydrogens is 230 g/mol. The van der Waals surface area contributed by atoms with Crippen LogP contribution in [0.4, 0.5) is 0 Å². The van der Waals surface area contributed by atoms with E-state index in [1.54, 1.807) is 21.0 Å². The van der Waals surface area contributed by atoms with E-state index in [9.17, 15) is 9.59 Å². The number of hydrogen-bond donors (Lipinski definition) is 2. The molecule has 0 aromatic heterocycles. The summed E-state index contributed by atoms with van der Waals surface area (Å²) < 4.78 is 0. The molecule has 2 N–H and O–H groups in total. The molecule has 5 heteroatoms. The van der Waals surface area contributed by atoms with Crippen LogP contribution in [0.1, 0.15) is 33.1 Å². The lowest BCUT2D eigenvalue weighted by molar-refractivity contribution is -0.137. The van der Waals surface area contributed by atoms with Crippen LogP contribution >= 0.6 is 0 Å². The zero-order valence-corrected chi connectivity index (χ0v) is 11.9. The monoisotopic (exact) mass is 255 g/mol. The van der Waals surface area contributed by atoms with E-state index in [1.807, 2.05) is 0 Å². The number of hydrogen-bond acceptors (Lipinski definition) is 3. The normalized spacial score (nSPS) is 24.7. The largest absolute Gasteiger partial charge is 0.347 e. The van der Waals surface area contributed by atoms with E-state index >= 15 is 0 Å². The molecule has 1 saturated heterocycles. The minimum Gasteiger partial charge on any atom is -0.347 e. The lowest BCUT2D eigenvalue weighted by atomic mass is 9.81. The zero-order valence-electron chi connectivity index (χ0n) is 11.9. The van der Waals surface area contributed by atoms with Crippen LogP contribution < -0.4 is 10.6 Å². The Morgan fingerprint density at radius 1 is 1.44 bits per heavy atom. The highest BCUT2D eigenvalue weighted by atomic mass is 16.2. The van der Waals surface area contributed by atoms with Crippen LogP contribution in [-0.2, 0) is 9.59 Å². The molecule has 0 spiro atoms. The van der Waals surface area contributed by atoms with Crippen LogP contribution in [0.2, 0.25) is 0 Å². The summed E-state index contributed by atoms with van der Waals surface area (Å²) in [6.07, 6.45) is 2.70. The first-order valence-corrected chi connectivity index (χ1v) is 6.66. The van der Waals surface area contributed by atoms with Crippen molar-refractivity contribution in [2.75, 3.05) is 27.2 Å². The van der Waals surface area contributed by atoms with Crippen molar-refractivity contribution in [3.05, 3.63) is 0 Å². The molecule has 18 heavy (non-hydrogen) atoms. The second kappa shape index (κ2) is 6.18. The maximum atomic E-state index is 12.4. The summed E-state index contributed by atoms with van der Waals surface area (Å²) in [5.74, 6) is -0.0574. The van der Waals surface area contributed by atoms with Crippen molar-refractivity contribution in [3.63, 3.8) is 0 Å². The number of nitrogens with zero attached hydrogens (tertiary/aromatic N) is 1. The highest BCUT2D eigenvalue weighted by molar-refractivity contribution is 5.90. The molecule has 2 atom stereocenters. The van der Waals surface area contributed by atoms with Crippen LogP contribution in [0.5, 0.6) is 0 Å². The summed E-state index contributed by atoms with van der Waals surface area (Å²) in [5, 5.41) is 6.11. The Balaban J connectivity index is 2.65. The Hall–Kier alpha value is -1.10. The van der Waals surface area contributed by atoms with Gasteiger partial charge in [-0.15, -0.1) is 0 Å². The van der Waals surface area contributed by atoms with Crippen molar-refractivity contribution in [1.29, 1.82) is 0 Å². The molecule has 1 fully saturated rings. The third-order valence-electron chi connectivity index (χ3n) is 3.61. The zero-order chi connectivity index (χ0) is 13.8. The Labute approximate surface area is 109 Å². The van der Waals surface area contributed by atoms with Crippen molar-refractivity contribution < 1.29 is 9.59 Å². The van der Waals surface area contributed by atoms with Crippen molar-refractivity contribution in [2.24, 2.45) is 5.41 Å². The topological polar surface area (TPSA) is 61.4 Å². The SMILES string of the molecule is CCCC1(C(=O)NC(C)C(=O)N(C)C)CCNC1. The summed E-state index contributed by atoms with van der Waals surface area (Å²) in [5.41, 5.74) is -0.324. The molecule has 0 saturated carbocycles. The summed E-state index contributed by atoms with van der Waals surface area (Å²) in [4.78, 5) is 25.6. The molecule has 0 bridgehead atoms. The molecule has 1 rings (SSSR count). The molecule has 0 aromatic rings. The number of amides is 2. The Bertz CT molecular complexity index is 309. The molecule has 1 heterocycles. The second-order valence-corrected chi connectivity index (χ2v) is 5.38. The highest BCUT2D eigenvalue weighted by Gasteiger charge is 2.41. The minimum absolute atomic E-state index is 0.0112. The third-order valence-corrected chi connectivity index (χ3v) is 3.61. The quantitative estimate of drug-likeness (QED) is 0.745. The summed E-state index contributed by atoms with van der Waals surface area (Å²) in [6, 6.07) is -0.457. The molecule has 1 aliphatic heterocycles. The number of carbonyl (C=O) groups is 2. The Kier molecular flexibility index (Phi) is 5.14. The lowest BCUT2D eigenvalue weighted by Gasteiger charge is -2.28. The van der Waals surface area contributed by atoms with Gasteiger partial charge in [-0.3, -0.25) is 9.59 Å². The number of carbonyl (C=O) groups excluding carboxylic acids is 2. The summed E-state index contributed by atoms with van der Waals surface area (Å²) in [6.45, 7) is 5.42. The van der Waals surface area contributed by atoms with Gasteiger partial charge >= 0.3 is 0 Å². The molecule has 2 unspecified atom stereocenters. The van der Waals surface area contributed by atoms with Crippen LogP contribution in [0.25, 0.3) is 0 Å². The van der Waals surface area contributed by atoms with Crippen LogP contribution in [-0.4, -0.2) is 49.9 Å². The lowest BCUT2D eigenvalue weighted by Crippen LogP contribution is -2.50. The fourth-order valence-electron chi connectivity index (χ4n) is 2.54. The number of rotatable bonds is 5. The number of nitrogens with one attached hydrogen (secondary N) is 2. The van der Waals surface area contributed by atoms with Gasteiger partial charge in [-0.25, -0.2) is 0 Å². The van der Waals surface area contributed by atoms with E-state index in [0.717, 1.165) is 32.4 Å². The third kappa shape index (κ3) is 3.22. The van der Waals surface area contributed by atoms with Gasteiger partial charge in [0.1, 0.15) is 6.04 Å². The molecule has 1 aliphatic rings. The molecule has 0 aromatic carbocycles. The van der Waals surface area contributed by atoms with E-state index in [2.05, 4.69) is 17.6 Å². The smallest absolute Gasteiger partial charge is 0.244 e. The van der Waals surface area contributed by atoms with Crippen LogP contribution in [0.3, 0.4) is 0 Å². The highest BCUT2D eigenvalue weighted by Crippen LogP contribution is 2.31. The van der Waals surface area contributed by atoms with Crippen LogP contribution in [0.15, 0.2) is 0 Å². The van der Waals surface area contributed by atoms with Crippen molar-refractivity contribution >= 4 is 11.8 Å². The first-order valence-electron chi connectivity index (χ1n) is 6.66. The second-order valence-electron chi connectivity index (χ2n) is 5.38. The predicted octanol–water partition coefficient (Wildman–Crippen LogP) is 0.359. The first-order chi connectivity index (χ1) is 8.43. The number of likely N-dealkylation sites (N-methyl/N-ethyl adjacent to an activating group) is 1. The van der Waals surface area contributed by atoms with E-state index in [4.69, 9.17) is 0 Å². The van der Waals surface area contributed by atoms with Gasteiger partial charge in [-0.05, 0) is 26.3 Å². The molecule has 104 valence electrons. The van der Waals surface area contributed by atoms with Crippen LogP contribution in [0, 0.1) is 5.41 Å². The van der Waals surface area contributed by atoms with E-state index in [1.165, 1.54) is 4.90 Å². The molecule has 0 radical (unpaired) electrons. The maximum absolute atomic E-state index is 12.4. The van der Waals surface area contributed by atoms with E-state index in [-0.39, 0.29) is 17.2 Å². The van der Waals surface area contributed by atoms with Gasteiger partial charge in [-0.2, -0.15) is 0 Å². The Morgan fingerprint density at radius 3 is 2.56 bits per heavy atom. The summed E-state index contributed by atoms with van der Waals surface area (Å²) in [7, 11) is 3.40. The fraction of sp³-hybridized carbons (Fsp3) is 0.846. The molecule has 2 amide bonds. The molecular formula is C13H25N3O2. The first kappa shape index (κ1) is 15.0. The average molecular weight is 255 g/mol. The van der Waals surface area contributed by atoms with Gasteiger partial charge in [0.15, 0.2) is 0 Å². The van der Waals surface area contributed by atoms with E-state index < -0.39 is 6.04 Å². The standard InChI is InChI=1S/C13H25N3O2/c1-5-6-13(7-8-14-9-13)12(18)15-10(2)11(17)16(3)4/h10,14H,5-9H2,1-4H3,(H,15,18). The molecule has 5 nitrogen and oxygen atoms in total. The van der Waals surface area contributed by atoms with Gasteiger partial charge in [0.05, 0.1) is 5.41 Å². The van der Waals surface area contributed by atoms with Gasteiger partial charge in [0, 0.05) is 20.6 Å². The van der Waals surface area contributed by atoms with Gasteiger partial charge in [-0.1, -0.05) is 13.3 Å². The Morgan fingerprint density at radius 2 is 2.11 bits per heavy atom. The fourth-order valence-corrected chi connectivity index (χ4v) is 2.54. The van der Waals surface area contributed by atoms with Crippen molar-refractivity contribution in [2.45, 2.75) is 39.2 Å². The van der Waals surface area contributed by atoms with Gasteiger partial charge < -0.3 is 15.5 Å². The van der Waals surface area contributed by atoms with Crippen molar-refractivity contribution in [1.82, 2.24) is 15.5 Å². The van der Waals surface area contributed by atoms with Crippen molar-refractivity contribution in [3.8, 4) is 0 Å². The predicted molar refractivity (Wildman–Crippen MR) is 71.1 cm³/mol. The van der Waals surface area contributed by atoms with E-state index in [0.29, 0.717) is 0 Å². The summed E-state index contributed by atoms with van der Waals surface area (Å²) >= 11 is 0. The maximum Gasteiger partial charge on any atom is 0.244 e. The van der Waals surface area contributed by atoms with Gasteiger partial charge in [0.2, 0.25) is 11.8 Å².